The minimum atomic E-state index is -0.457. The third-order valence-electron chi connectivity index (χ3n) is 2.54. The normalized spacial score (nSPS) is 10.8. The quantitative estimate of drug-likeness (QED) is 0.664. The molecule has 2 aromatic heterocycles. The Labute approximate surface area is 96.3 Å². The van der Waals surface area contributed by atoms with E-state index in [1.807, 2.05) is 30.3 Å². The Balaban J connectivity index is 2.08. The molecule has 0 saturated heterocycles. The van der Waals surface area contributed by atoms with Crippen molar-refractivity contribution in [3.8, 4) is 0 Å². The number of hydrogen-bond acceptors (Lipinski definition) is 4. The van der Waals surface area contributed by atoms with E-state index in [2.05, 4.69) is 10.3 Å². The Morgan fingerprint density at radius 2 is 2.00 bits per heavy atom. The number of nitrogens with zero attached hydrogens (tertiary/aromatic N) is 3. The fourth-order valence-corrected chi connectivity index (χ4v) is 1.72. The molecule has 1 aromatic carbocycles. The Hall–Kier alpha value is -2.43. The highest BCUT2D eigenvalue weighted by Gasteiger charge is 2.08. The molecule has 0 unspecified atom stereocenters. The first kappa shape index (κ1) is 9.77. The van der Waals surface area contributed by atoms with Crippen molar-refractivity contribution in [2.45, 2.75) is 6.54 Å². The Bertz CT molecular complexity index is 700. The molecule has 0 aliphatic heterocycles. The standard InChI is InChI=1S/C12H9N3O2/c16-12-11-10(6-7-17-12)15(14-13-11)8-9-4-2-1-3-5-9/h1-7H,8H2. The van der Waals surface area contributed by atoms with Gasteiger partial charge in [0.15, 0.2) is 5.52 Å². The summed E-state index contributed by atoms with van der Waals surface area (Å²) in [4.78, 5) is 11.4. The minimum Gasteiger partial charge on any atom is -0.430 e. The molecular weight excluding hydrogens is 218 g/mol. The van der Waals surface area contributed by atoms with Gasteiger partial charge >= 0.3 is 5.63 Å². The average molecular weight is 227 g/mol. The van der Waals surface area contributed by atoms with E-state index in [1.165, 1.54) is 6.26 Å². The van der Waals surface area contributed by atoms with Crippen molar-refractivity contribution in [2.75, 3.05) is 0 Å². The molecule has 84 valence electrons. The molecule has 3 rings (SSSR count). The highest BCUT2D eigenvalue weighted by atomic mass is 16.4. The number of fused-ring (bicyclic) bond motifs is 1. The number of hydrogen-bond donors (Lipinski definition) is 0. The Kier molecular flexibility index (Phi) is 2.22. The van der Waals surface area contributed by atoms with Crippen molar-refractivity contribution in [1.82, 2.24) is 15.0 Å². The van der Waals surface area contributed by atoms with Gasteiger partial charge in [-0.25, -0.2) is 9.48 Å². The van der Waals surface area contributed by atoms with E-state index in [1.54, 1.807) is 10.7 Å². The molecule has 0 amide bonds. The lowest BCUT2D eigenvalue weighted by atomic mass is 10.2. The summed E-state index contributed by atoms with van der Waals surface area (Å²) in [6, 6.07) is 11.6. The molecular formula is C12H9N3O2. The highest BCUT2D eigenvalue weighted by Crippen LogP contribution is 2.08. The van der Waals surface area contributed by atoms with E-state index in [-0.39, 0.29) is 5.52 Å². The molecule has 0 radical (unpaired) electrons. The molecule has 0 N–H and O–H groups in total. The van der Waals surface area contributed by atoms with Gasteiger partial charge in [-0.2, -0.15) is 0 Å². The Morgan fingerprint density at radius 1 is 1.18 bits per heavy atom. The summed E-state index contributed by atoms with van der Waals surface area (Å²) in [5.41, 5.74) is 1.60. The predicted molar refractivity (Wildman–Crippen MR) is 61.6 cm³/mol. The van der Waals surface area contributed by atoms with Gasteiger partial charge in [-0.3, -0.25) is 0 Å². The van der Waals surface area contributed by atoms with E-state index >= 15 is 0 Å². The molecule has 0 saturated carbocycles. The van der Waals surface area contributed by atoms with Crippen molar-refractivity contribution >= 4 is 11.0 Å². The van der Waals surface area contributed by atoms with Gasteiger partial charge in [0.05, 0.1) is 18.3 Å². The van der Waals surface area contributed by atoms with Crippen LogP contribution in [-0.2, 0) is 6.54 Å². The first-order chi connectivity index (χ1) is 8.34. The number of rotatable bonds is 2. The van der Waals surface area contributed by atoms with Crippen molar-refractivity contribution in [1.29, 1.82) is 0 Å². The van der Waals surface area contributed by atoms with E-state index in [4.69, 9.17) is 4.42 Å². The summed E-state index contributed by atoms with van der Waals surface area (Å²) in [7, 11) is 0. The zero-order valence-corrected chi connectivity index (χ0v) is 8.91. The molecule has 0 fully saturated rings. The topological polar surface area (TPSA) is 60.9 Å². The molecule has 5 nitrogen and oxygen atoms in total. The van der Waals surface area contributed by atoms with E-state index in [9.17, 15) is 4.79 Å². The van der Waals surface area contributed by atoms with Gasteiger partial charge in [0, 0.05) is 6.07 Å². The largest absolute Gasteiger partial charge is 0.430 e. The number of aromatic nitrogens is 3. The van der Waals surface area contributed by atoms with Crippen LogP contribution >= 0.6 is 0 Å². The molecule has 0 aliphatic rings. The molecule has 5 heteroatoms. The van der Waals surface area contributed by atoms with Crippen LogP contribution in [0.1, 0.15) is 5.56 Å². The first-order valence-electron chi connectivity index (χ1n) is 5.19. The minimum absolute atomic E-state index is 0.267. The van der Waals surface area contributed by atoms with E-state index in [0.717, 1.165) is 5.56 Å². The fourth-order valence-electron chi connectivity index (χ4n) is 1.72. The van der Waals surface area contributed by atoms with Gasteiger partial charge in [0.1, 0.15) is 0 Å². The lowest BCUT2D eigenvalue weighted by Crippen LogP contribution is -2.02. The summed E-state index contributed by atoms with van der Waals surface area (Å²) in [6.45, 7) is 0.584. The smallest absolute Gasteiger partial charge is 0.366 e. The summed E-state index contributed by atoms with van der Waals surface area (Å²) in [5, 5.41) is 7.78. The Morgan fingerprint density at radius 3 is 2.82 bits per heavy atom. The zero-order chi connectivity index (χ0) is 11.7. The maximum absolute atomic E-state index is 11.4. The summed E-state index contributed by atoms with van der Waals surface area (Å²) < 4.78 is 6.41. The lowest BCUT2D eigenvalue weighted by Gasteiger charge is -2.01. The first-order valence-corrected chi connectivity index (χ1v) is 5.19. The van der Waals surface area contributed by atoms with Crippen molar-refractivity contribution in [3.05, 3.63) is 58.6 Å². The van der Waals surface area contributed by atoms with E-state index in [0.29, 0.717) is 12.1 Å². The van der Waals surface area contributed by atoms with Gasteiger partial charge < -0.3 is 4.42 Å². The van der Waals surface area contributed by atoms with Crippen LogP contribution in [0.5, 0.6) is 0 Å². The average Bonchev–Trinajstić information content (AvgIpc) is 2.76. The molecule has 0 spiro atoms. The summed E-state index contributed by atoms with van der Waals surface area (Å²) in [5.74, 6) is 0. The van der Waals surface area contributed by atoms with Crippen LogP contribution in [0.25, 0.3) is 11.0 Å². The fraction of sp³-hybridized carbons (Fsp3) is 0.0833. The summed E-state index contributed by atoms with van der Waals surface area (Å²) in [6.07, 6.45) is 1.36. The van der Waals surface area contributed by atoms with Crippen molar-refractivity contribution < 1.29 is 4.42 Å². The molecule has 0 aliphatic carbocycles. The van der Waals surface area contributed by atoms with E-state index < -0.39 is 5.63 Å². The summed E-state index contributed by atoms with van der Waals surface area (Å²) >= 11 is 0. The second-order valence-electron chi connectivity index (χ2n) is 3.67. The molecule has 17 heavy (non-hydrogen) atoms. The van der Waals surface area contributed by atoms with Crippen LogP contribution in [0.2, 0.25) is 0 Å². The number of benzene rings is 1. The van der Waals surface area contributed by atoms with Gasteiger partial charge in [-0.15, -0.1) is 5.10 Å². The van der Waals surface area contributed by atoms with Crippen LogP contribution in [0.4, 0.5) is 0 Å². The third-order valence-corrected chi connectivity index (χ3v) is 2.54. The van der Waals surface area contributed by atoms with Gasteiger partial charge in [-0.1, -0.05) is 35.5 Å². The maximum Gasteiger partial charge on any atom is 0.366 e. The maximum atomic E-state index is 11.4. The van der Waals surface area contributed by atoms with Crippen molar-refractivity contribution in [3.63, 3.8) is 0 Å². The molecule has 0 bridgehead atoms. The zero-order valence-electron chi connectivity index (χ0n) is 8.91. The second kappa shape index (κ2) is 3.86. The molecule has 3 aromatic rings. The van der Waals surface area contributed by atoms with Crippen LogP contribution in [0.15, 0.2) is 51.9 Å². The van der Waals surface area contributed by atoms with Gasteiger partial charge in [0.25, 0.3) is 0 Å². The van der Waals surface area contributed by atoms with Gasteiger partial charge in [-0.05, 0) is 5.56 Å². The predicted octanol–water partition coefficient (Wildman–Crippen LogP) is 1.43. The van der Waals surface area contributed by atoms with Crippen LogP contribution in [-0.4, -0.2) is 15.0 Å². The molecule has 2 heterocycles. The monoisotopic (exact) mass is 227 g/mol. The lowest BCUT2D eigenvalue weighted by molar-refractivity contribution is 0.518. The molecule has 0 atom stereocenters. The second-order valence-corrected chi connectivity index (χ2v) is 3.67. The van der Waals surface area contributed by atoms with Crippen LogP contribution < -0.4 is 5.63 Å². The van der Waals surface area contributed by atoms with Crippen LogP contribution in [0, 0.1) is 0 Å². The highest BCUT2D eigenvalue weighted by molar-refractivity contribution is 5.71. The SMILES string of the molecule is O=c1occc2c1nnn2Cc1ccccc1. The van der Waals surface area contributed by atoms with Crippen LogP contribution in [0.3, 0.4) is 0 Å². The third kappa shape index (κ3) is 1.71. The van der Waals surface area contributed by atoms with Gasteiger partial charge in [0.2, 0.25) is 0 Å². The van der Waals surface area contributed by atoms with Crippen molar-refractivity contribution in [2.24, 2.45) is 0 Å².